The van der Waals surface area contributed by atoms with Gasteiger partial charge in [0, 0.05) is 12.3 Å². The fourth-order valence-electron chi connectivity index (χ4n) is 1.86. The molecule has 1 aliphatic rings. The largest absolute Gasteiger partial charge is 0.330 e. The molecule has 1 rings (SSSR count). The molecular weight excluding hydrogens is 202 g/mol. The normalized spacial score (nSPS) is 20.8. The number of amides is 1. The van der Waals surface area contributed by atoms with Crippen LogP contribution in [-0.2, 0) is 4.79 Å². The van der Waals surface area contributed by atoms with Crippen molar-refractivity contribution in [3.8, 4) is 0 Å². The highest BCUT2D eigenvalue weighted by Crippen LogP contribution is 2.21. The topological polar surface area (TPSA) is 58.7 Å². The number of carbonyl (C=O) groups is 1. The average Bonchev–Trinajstić information content (AvgIpc) is 2.49. The number of nitrogens with zero attached hydrogens (tertiary/aromatic N) is 2. The van der Waals surface area contributed by atoms with Crippen LogP contribution in [0.4, 0.5) is 0 Å². The lowest BCUT2D eigenvalue weighted by atomic mass is 9.98. The third-order valence-corrected chi connectivity index (χ3v) is 2.95. The Morgan fingerprint density at radius 2 is 2.19 bits per heavy atom. The summed E-state index contributed by atoms with van der Waals surface area (Å²) in [4.78, 5) is 12.0. The average molecular weight is 225 g/mol. The zero-order valence-electron chi connectivity index (χ0n) is 10.6. The van der Waals surface area contributed by atoms with Crippen LogP contribution < -0.4 is 5.73 Å². The minimum absolute atomic E-state index is 0.0179. The lowest BCUT2D eigenvalue weighted by Gasteiger charge is -2.15. The van der Waals surface area contributed by atoms with Crippen molar-refractivity contribution in [3.05, 3.63) is 0 Å². The third kappa shape index (κ3) is 3.30. The fraction of sp³-hybridized carbons (Fsp3) is 0.833. The second kappa shape index (κ2) is 5.99. The molecule has 2 N–H and O–H groups in total. The van der Waals surface area contributed by atoms with E-state index in [9.17, 15) is 4.79 Å². The van der Waals surface area contributed by atoms with Gasteiger partial charge in [0.05, 0.1) is 5.92 Å². The van der Waals surface area contributed by atoms with Gasteiger partial charge in [0.25, 0.3) is 5.91 Å². The Morgan fingerprint density at radius 3 is 2.75 bits per heavy atom. The van der Waals surface area contributed by atoms with Crippen molar-refractivity contribution >= 4 is 11.6 Å². The Bertz CT molecular complexity index is 273. The maximum absolute atomic E-state index is 12.0. The van der Waals surface area contributed by atoms with Gasteiger partial charge in [-0.2, -0.15) is 5.10 Å². The second-order valence-electron chi connectivity index (χ2n) is 4.87. The summed E-state index contributed by atoms with van der Waals surface area (Å²) in [5, 5.41) is 5.97. The van der Waals surface area contributed by atoms with Crippen molar-refractivity contribution in [2.24, 2.45) is 22.7 Å². The highest BCUT2D eigenvalue weighted by atomic mass is 16.2. The molecule has 0 spiro atoms. The monoisotopic (exact) mass is 225 g/mol. The smallest absolute Gasteiger partial charge is 0.251 e. The van der Waals surface area contributed by atoms with E-state index >= 15 is 0 Å². The van der Waals surface area contributed by atoms with Crippen LogP contribution in [0.5, 0.6) is 0 Å². The highest BCUT2D eigenvalue weighted by Gasteiger charge is 2.32. The summed E-state index contributed by atoms with van der Waals surface area (Å²) in [5.41, 5.74) is 6.41. The van der Waals surface area contributed by atoms with Crippen LogP contribution in [-0.4, -0.2) is 29.7 Å². The molecule has 4 heteroatoms. The van der Waals surface area contributed by atoms with Crippen molar-refractivity contribution in [1.29, 1.82) is 0 Å². The predicted octanol–water partition coefficient (Wildman–Crippen LogP) is 1.61. The van der Waals surface area contributed by atoms with E-state index in [1.54, 1.807) is 5.01 Å². The molecule has 0 saturated heterocycles. The number of hydrazone groups is 1. The van der Waals surface area contributed by atoms with Crippen LogP contribution in [0.1, 0.15) is 40.0 Å². The standard InChI is InChI=1S/C12H23N3O/c1-9(2)6-8-15-12(16)11(5-4-7-13)10(3)14-15/h9,11H,4-8,13H2,1-3H3. The minimum atomic E-state index is -0.0179. The zero-order chi connectivity index (χ0) is 12.1. The van der Waals surface area contributed by atoms with Gasteiger partial charge in [-0.1, -0.05) is 13.8 Å². The molecule has 0 fully saturated rings. The number of rotatable bonds is 6. The van der Waals surface area contributed by atoms with Gasteiger partial charge >= 0.3 is 0 Å². The van der Waals surface area contributed by atoms with Crippen molar-refractivity contribution in [1.82, 2.24) is 5.01 Å². The van der Waals surface area contributed by atoms with Crippen molar-refractivity contribution in [2.75, 3.05) is 13.1 Å². The Balaban J connectivity index is 2.49. The first-order valence-electron chi connectivity index (χ1n) is 6.12. The van der Waals surface area contributed by atoms with Gasteiger partial charge in [-0.15, -0.1) is 0 Å². The summed E-state index contributed by atoms with van der Waals surface area (Å²) >= 11 is 0. The van der Waals surface area contributed by atoms with E-state index in [0.29, 0.717) is 12.5 Å². The molecule has 0 aromatic heterocycles. The third-order valence-electron chi connectivity index (χ3n) is 2.95. The molecular formula is C12H23N3O. The molecule has 1 unspecified atom stereocenters. The summed E-state index contributed by atoms with van der Waals surface area (Å²) < 4.78 is 0. The van der Waals surface area contributed by atoms with Gasteiger partial charge in [-0.25, -0.2) is 5.01 Å². The van der Waals surface area contributed by atoms with E-state index in [2.05, 4.69) is 18.9 Å². The quantitative estimate of drug-likeness (QED) is 0.746. The Labute approximate surface area is 97.9 Å². The maximum atomic E-state index is 12.0. The van der Waals surface area contributed by atoms with E-state index < -0.39 is 0 Å². The van der Waals surface area contributed by atoms with Gasteiger partial charge in [-0.05, 0) is 38.6 Å². The first kappa shape index (κ1) is 13.2. The molecule has 1 aliphatic heterocycles. The predicted molar refractivity (Wildman–Crippen MR) is 66.1 cm³/mol. The van der Waals surface area contributed by atoms with E-state index in [-0.39, 0.29) is 11.8 Å². The van der Waals surface area contributed by atoms with E-state index in [1.165, 1.54) is 0 Å². The van der Waals surface area contributed by atoms with Gasteiger partial charge in [0.15, 0.2) is 0 Å². The second-order valence-corrected chi connectivity index (χ2v) is 4.87. The fourth-order valence-corrected chi connectivity index (χ4v) is 1.86. The lowest BCUT2D eigenvalue weighted by Crippen LogP contribution is -2.29. The Kier molecular flexibility index (Phi) is 4.93. The SMILES string of the molecule is CC1=NN(CCC(C)C)C(=O)C1CCCN. The van der Waals surface area contributed by atoms with Gasteiger partial charge < -0.3 is 5.73 Å². The van der Waals surface area contributed by atoms with Crippen LogP contribution >= 0.6 is 0 Å². The number of carbonyl (C=O) groups excluding carboxylic acids is 1. The van der Waals surface area contributed by atoms with Crippen LogP contribution in [0.25, 0.3) is 0 Å². The molecule has 0 bridgehead atoms. The Hall–Kier alpha value is -0.900. The zero-order valence-corrected chi connectivity index (χ0v) is 10.6. The van der Waals surface area contributed by atoms with Crippen LogP contribution in [0.3, 0.4) is 0 Å². The molecule has 0 aromatic carbocycles. The lowest BCUT2D eigenvalue weighted by molar-refractivity contribution is -0.132. The van der Waals surface area contributed by atoms with Crippen LogP contribution in [0, 0.1) is 11.8 Å². The molecule has 16 heavy (non-hydrogen) atoms. The number of hydrogen-bond acceptors (Lipinski definition) is 3. The molecule has 1 atom stereocenters. The molecule has 1 heterocycles. The minimum Gasteiger partial charge on any atom is -0.330 e. The van der Waals surface area contributed by atoms with Crippen molar-refractivity contribution < 1.29 is 4.79 Å². The van der Waals surface area contributed by atoms with Gasteiger partial charge in [0.1, 0.15) is 0 Å². The number of hydrogen-bond donors (Lipinski definition) is 1. The summed E-state index contributed by atoms with van der Waals surface area (Å²) in [6.45, 7) is 7.64. The number of nitrogens with two attached hydrogens (primary N) is 1. The van der Waals surface area contributed by atoms with E-state index in [0.717, 1.165) is 31.5 Å². The van der Waals surface area contributed by atoms with Gasteiger partial charge in [0.2, 0.25) is 0 Å². The van der Waals surface area contributed by atoms with E-state index in [1.807, 2.05) is 6.92 Å². The molecule has 0 aliphatic carbocycles. The molecule has 0 aromatic rings. The molecule has 1 amide bonds. The first-order valence-corrected chi connectivity index (χ1v) is 6.12. The molecule has 92 valence electrons. The summed E-state index contributed by atoms with van der Waals surface area (Å²) in [6, 6.07) is 0. The molecule has 0 radical (unpaired) electrons. The van der Waals surface area contributed by atoms with Crippen LogP contribution in [0.2, 0.25) is 0 Å². The highest BCUT2D eigenvalue weighted by molar-refractivity contribution is 6.06. The first-order chi connectivity index (χ1) is 7.56. The summed E-state index contributed by atoms with van der Waals surface area (Å²) in [7, 11) is 0. The van der Waals surface area contributed by atoms with Crippen LogP contribution in [0.15, 0.2) is 5.10 Å². The molecule has 0 saturated carbocycles. The van der Waals surface area contributed by atoms with E-state index in [4.69, 9.17) is 5.73 Å². The summed E-state index contributed by atoms with van der Waals surface area (Å²) in [5.74, 6) is 0.744. The summed E-state index contributed by atoms with van der Waals surface area (Å²) in [6.07, 6.45) is 2.73. The maximum Gasteiger partial charge on any atom is 0.251 e. The Morgan fingerprint density at radius 1 is 1.50 bits per heavy atom. The molecule has 4 nitrogen and oxygen atoms in total. The van der Waals surface area contributed by atoms with Crippen molar-refractivity contribution in [2.45, 2.75) is 40.0 Å². The van der Waals surface area contributed by atoms with Gasteiger partial charge in [-0.3, -0.25) is 4.79 Å². The van der Waals surface area contributed by atoms with Crippen molar-refractivity contribution in [3.63, 3.8) is 0 Å².